The molecule has 0 aromatic carbocycles. The number of hydrogen-bond donors (Lipinski definition) is 2. The Kier molecular flexibility index (Phi) is 4.28. The highest BCUT2D eigenvalue weighted by Gasteiger charge is 2.27. The number of aromatic amines is 1. The first-order valence-corrected chi connectivity index (χ1v) is 6.32. The van der Waals surface area contributed by atoms with Crippen LogP contribution in [0.15, 0.2) is 12.3 Å². The van der Waals surface area contributed by atoms with Gasteiger partial charge in [0.15, 0.2) is 5.78 Å². The average molecular weight is 267 g/mol. The highest BCUT2D eigenvalue weighted by molar-refractivity contribution is 5.96. The Morgan fingerprint density at radius 3 is 2.79 bits per heavy atom. The zero-order chi connectivity index (χ0) is 13.8. The molecule has 7 heteroatoms. The first kappa shape index (κ1) is 13.7. The van der Waals surface area contributed by atoms with Crippen molar-refractivity contribution in [2.75, 3.05) is 19.7 Å². The lowest BCUT2D eigenvalue weighted by molar-refractivity contribution is -0.384. The van der Waals surface area contributed by atoms with Crippen molar-refractivity contribution < 1.29 is 14.8 Å². The maximum atomic E-state index is 12.0. The maximum absolute atomic E-state index is 12.0. The molecule has 2 rings (SSSR count). The number of carbonyl (C=O) groups is 1. The number of nitro groups is 1. The Morgan fingerprint density at radius 2 is 2.32 bits per heavy atom. The third-order valence-electron chi connectivity index (χ3n) is 3.50. The van der Waals surface area contributed by atoms with Crippen molar-refractivity contribution in [3.63, 3.8) is 0 Å². The van der Waals surface area contributed by atoms with E-state index in [0.29, 0.717) is 12.6 Å². The number of nitrogens with zero attached hydrogens (tertiary/aromatic N) is 2. The largest absolute Gasteiger partial charge is 0.395 e. The van der Waals surface area contributed by atoms with Gasteiger partial charge in [-0.25, -0.2) is 0 Å². The molecule has 0 unspecified atom stereocenters. The lowest BCUT2D eigenvalue weighted by Gasteiger charge is -2.36. The Bertz CT molecular complexity index is 467. The number of H-pyrrole nitrogens is 1. The van der Waals surface area contributed by atoms with Crippen LogP contribution in [0.1, 0.15) is 29.8 Å². The second kappa shape index (κ2) is 5.94. The number of nitrogens with one attached hydrogen (secondary N) is 1. The van der Waals surface area contributed by atoms with Crippen LogP contribution in [0.2, 0.25) is 0 Å². The van der Waals surface area contributed by atoms with Gasteiger partial charge in [-0.3, -0.25) is 19.8 Å². The smallest absolute Gasteiger partial charge is 0.287 e. The van der Waals surface area contributed by atoms with E-state index in [1.54, 1.807) is 0 Å². The molecule has 0 amide bonds. The summed E-state index contributed by atoms with van der Waals surface area (Å²) in [4.78, 5) is 26.6. The van der Waals surface area contributed by atoms with Crippen molar-refractivity contribution >= 4 is 11.5 Å². The second-order valence-corrected chi connectivity index (χ2v) is 4.73. The minimum Gasteiger partial charge on any atom is -0.395 e. The molecule has 0 radical (unpaired) electrons. The molecule has 1 aliphatic carbocycles. The molecular formula is C12H17N3O4. The molecule has 1 fully saturated rings. The molecule has 2 N–H and O–H groups in total. The van der Waals surface area contributed by atoms with Crippen LogP contribution in [-0.2, 0) is 0 Å². The van der Waals surface area contributed by atoms with Crippen molar-refractivity contribution in [3.8, 4) is 0 Å². The molecule has 0 aliphatic heterocycles. The molecule has 0 saturated heterocycles. The average Bonchev–Trinajstić information content (AvgIpc) is 2.76. The van der Waals surface area contributed by atoms with E-state index in [2.05, 4.69) is 4.98 Å². The van der Waals surface area contributed by atoms with Gasteiger partial charge in [0.05, 0.1) is 30.0 Å². The summed E-state index contributed by atoms with van der Waals surface area (Å²) in [6.07, 6.45) is 4.44. The van der Waals surface area contributed by atoms with Crippen LogP contribution < -0.4 is 0 Å². The maximum Gasteiger partial charge on any atom is 0.287 e. The highest BCUT2D eigenvalue weighted by atomic mass is 16.6. The predicted molar refractivity (Wildman–Crippen MR) is 68.1 cm³/mol. The number of hydrogen-bond acceptors (Lipinski definition) is 5. The van der Waals surface area contributed by atoms with Crippen molar-refractivity contribution in [2.45, 2.75) is 25.3 Å². The van der Waals surface area contributed by atoms with Crippen molar-refractivity contribution in [3.05, 3.63) is 28.1 Å². The summed E-state index contributed by atoms with van der Waals surface area (Å²) < 4.78 is 0. The summed E-state index contributed by atoms with van der Waals surface area (Å²) in [6, 6.07) is 1.60. The SMILES string of the molecule is O=C(CN(CCO)C1CCC1)c1cc([N+](=O)[O-])c[nH]1. The summed E-state index contributed by atoms with van der Waals surface area (Å²) in [5.41, 5.74) is 0.134. The van der Waals surface area contributed by atoms with E-state index in [0.717, 1.165) is 19.3 Å². The van der Waals surface area contributed by atoms with Gasteiger partial charge in [-0.15, -0.1) is 0 Å². The zero-order valence-electron chi connectivity index (χ0n) is 10.5. The molecule has 1 saturated carbocycles. The minimum absolute atomic E-state index is 0.00859. The Labute approximate surface area is 110 Å². The van der Waals surface area contributed by atoms with E-state index >= 15 is 0 Å². The molecule has 0 atom stereocenters. The minimum atomic E-state index is -0.537. The monoisotopic (exact) mass is 267 g/mol. The van der Waals surface area contributed by atoms with E-state index in [4.69, 9.17) is 5.11 Å². The van der Waals surface area contributed by atoms with Gasteiger partial charge < -0.3 is 10.1 Å². The van der Waals surface area contributed by atoms with Crippen LogP contribution in [0.4, 0.5) is 5.69 Å². The zero-order valence-corrected chi connectivity index (χ0v) is 10.5. The number of aliphatic hydroxyl groups excluding tert-OH is 1. The predicted octanol–water partition coefficient (Wildman–Crippen LogP) is 0.952. The first-order chi connectivity index (χ1) is 9.11. The van der Waals surface area contributed by atoms with Gasteiger partial charge in [0, 0.05) is 18.7 Å². The Morgan fingerprint density at radius 1 is 1.58 bits per heavy atom. The first-order valence-electron chi connectivity index (χ1n) is 6.32. The molecule has 1 heterocycles. The van der Waals surface area contributed by atoms with E-state index in [1.165, 1.54) is 12.3 Å². The van der Waals surface area contributed by atoms with Gasteiger partial charge in [-0.05, 0) is 12.8 Å². The summed E-state index contributed by atoms with van der Waals surface area (Å²) in [5.74, 6) is -0.187. The molecule has 1 aromatic heterocycles. The molecule has 0 bridgehead atoms. The standard InChI is InChI=1S/C12H17N3O4/c16-5-4-14(9-2-1-3-9)8-12(17)11-6-10(7-13-11)15(18)19/h6-7,9,13,16H,1-5,8H2. The van der Waals surface area contributed by atoms with Crippen molar-refractivity contribution in [1.82, 2.24) is 9.88 Å². The third-order valence-corrected chi connectivity index (χ3v) is 3.50. The second-order valence-electron chi connectivity index (χ2n) is 4.73. The number of aliphatic hydroxyl groups is 1. The van der Waals surface area contributed by atoms with E-state index < -0.39 is 4.92 Å². The fourth-order valence-electron chi connectivity index (χ4n) is 2.19. The fraction of sp³-hybridized carbons (Fsp3) is 0.583. The van der Waals surface area contributed by atoms with Gasteiger partial charge >= 0.3 is 0 Å². The molecule has 7 nitrogen and oxygen atoms in total. The quantitative estimate of drug-likeness (QED) is 0.435. The van der Waals surface area contributed by atoms with Gasteiger partial charge in [0.2, 0.25) is 0 Å². The Balaban J connectivity index is 1.99. The molecule has 19 heavy (non-hydrogen) atoms. The van der Waals surface area contributed by atoms with Crippen LogP contribution in [0.3, 0.4) is 0 Å². The van der Waals surface area contributed by atoms with Crippen LogP contribution in [-0.4, -0.2) is 51.4 Å². The lowest BCUT2D eigenvalue weighted by Crippen LogP contribution is -2.44. The van der Waals surface area contributed by atoms with Crippen molar-refractivity contribution in [2.24, 2.45) is 0 Å². The summed E-state index contributed by atoms with van der Waals surface area (Å²) in [5, 5.41) is 19.6. The lowest BCUT2D eigenvalue weighted by atomic mass is 9.91. The number of aromatic nitrogens is 1. The number of carbonyl (C=O) groups excluding carboxylic acids is 1. The number of Topliss-reactive ketones (excluding diaryl/α,β-unsaturated/α-hetero) is 1. The van der Waals surface area contributed by atoms with E-state index in [9.17, 15) is 14.9 Å². The summed E-state index contributed by atoms with van der Waals surface area (Å²) in [6.45, 7) is 0.650. The molecule has 104 valence electrons. The normalized spacial score (nSPS) is 15.5. The van der Waals surface area contributed by atoms with Crippen LogP contribution in [0.25, 0.3) is 0 Å². The summed E-state index contributed by atoms with van der Waals surface area (Å²) >= 11 is 0. The van der Waals surface area contributed by atoms with Crippen LogP contribution in [0, 0.1) is 10.1 Å². The summed E-state index contributed by atoms with van der Waals surface area (Å²) in [7, 11) is 0. The van der Waals surface area contributed by atoms with Crippen molar-refractivity contribution in [1.29, 1.82) is 0 Å². The molecular weight excluding hydrogens is 250 g/mol. The van der Waals surface area contributed by atoms with Gasteiger partial charge in [0.25, 0.3) is 5.69 Å². The number of ketones is 1. The molecule has 0 spiro atoms. The van der Waals surface area contributed by atoms with Crippen LogP contribution in [0.5, 0.6) is 0 Å². The van der Waals surface area contributed by atoms with Gasteiger partial charge in [-0.2, -0.15) is 0 Å². The molecule has 1 aromatic rings. The number of rotatable bonds is 7. The van der Waals surface area contributed by atoms with Gasteiger partial charge in [-0.1, -0.05) is 6.42 Å². The van der Waals surface area contributed by atoms with Crippen LogP contribution >= 0.6 is 0 Å². The highest BCUT2D eigenvalue weighted by Crippen LogP contribution is 2.24. The Hall–Kier alpha value is -1.73. The van der Waals surface area contributed by atoms with Gasteiger partial charge in [0.1, 0.15) is 0 Å². The third kappa shape index (κ3) is 3.18. The molecule has 1 aliphatic rings. The van der Waals surface area contributed by atoms with E-state index in [1.807, 2.05) is 4.90 Å². The topological polar surface area (TPSA) is 99.5 Å². The fourth-order valence-corrected chi connectivity index (χ4v) is 2.19. The van der Waals surface area contributed by atoms with E-state index in [-0.39, 0.29) is 30.3 Å².